The van der Waals surface area contributed by atoms with Gasteiger partial charge in [-0.05, 0) is 40.8 Å². The van der Waals surface area contributed by atoms with E-state index in [2.05, 4.69) is 100 Å². The molecule has 0 saturated heterocycles. The van der Waals surface area contributed by atoms with E-state index in [0.29, 0.717) is 0 Å². The third-order valence-electron chi connectivity index (χ3n) is 4.89. The maximum absolute atomic E-state index is 6.38. The minimum absolute atomic E-state index is 0.215. The van der Waals surface area contributed by atoms with Gasteiger partial charge in [0, 0.05) is 18.1 Å². The summed E-state index contributed by atoms with van der Waals surface area (Å²) in [7, 11) is 0. The van der Waals surface area contributed by atoms with Gasteiger partial charge in [-0.1, -0.05) is 101 Å². The maximum Gasteiger partial charge on any atom is 0.125 e. The Morgan fingerprint density at radius 3 is 2.32 bits per heavy atom. The molecular formula is C22H19ClIN. The molecule has 0 fully saturated rings. The van der Waals surface area contributed by atoms with Crippen LogP contribution in [0.4, 0.5) is 0 Å². The van der Waals surface area contributed by atoms with Crippen molar-refractivity contribution in [1.29, 1.82) is 0 Å². The predicted molar refractivity (Wildman–Crippen MR) is 113 cm³/mol. The summed E-state index contributed by atoms with van der Waals surface area (Å²) in [5.74, 6) is 0. The van der Waals surface area contributed by atoms with Crippen molar-refractivity contribution in [2.24, 2.45) is 0 Å². The second-order valence-corrected chi connectivity index (χ2v) is 8.44. The zero-order valence-corrected chi connectivity index (χ0v) is 16.7. The van der Waals surface area contributed by atoms with Crippen LogP contribution in [-0.4, -0.2) is 11.4 Å². The fraction of sp³-hybridized carbons (Fsp3) is 0.182. The van der Waals surface area contributed by atoms with Crippen molar-refractivity contribution in [2.75, 3.05) is 6.54 Å². The monoisotopic (exact) mass is 459 g/mol. The topological polar surface area (TPSA) is 3.24 Å². The van der Waals surface area contributed by atoms with Gasteiger partial charge < -0.3 is 0 Å². The quantitative estimate of drug-likeness (QED) is 0.262. The lowest BCUT2D eigenvalue weighted by molar-refractivity contribution is 0.190. The van der Waals surface area contributed by atoms with Crippen LogP contribution in [0.3, 0.4) is 0 Å². The molecule has 1 aliphatic rings. The second-order valence-electron chi connectivity index (χ2n) is 6.45. The number of hydrogen-bond donors (Lipinski definition) is 0. The van der Waals surface area contributed by atoms with Crippen LogP contribution in [-0.2, 0) is 16.5 Å². The molecule has 0 spiro atoms. The molecule has 0 aromatic heterocycles. The van der Waals surface area contributed by atoms with E-state index in [-0.39, 0.29) is 3.55 Å². The summed E-state index contributed by atoms with van der Waals surface area (Å²) >= 11 is 9.00. The zero-order valence-electron chi connectivity index (χ0n) is 13.8. The van der Waals surface area contributed by atoms with Crippen LogP contribution < -0.4 is 0 Å². The summed E-state index contributed by atoms with van der Waals surface area (Å²) < 4.78 is -0.215. The van der Waals surface area contributed by atoms with Crippen molar-refractivity contribution in [3.05, 3.63) is 106 Å². The smallest absolute Gasteiger partial charge is 0.125 e. The molecule has 0 aliphatic carbocycles. The van der Waals surface area contributed by atoms with Crippen LogP contribution in [0.2, 0.25) is 5.02 Å². The Bertz CT molecular complexity index is 866. The fourth-order valence-corrected chi connectivity index (χ4v) is 5.09. The molecule has 1 atom stereocenters. The Hall–Kier alpha value is -1.36. The van der Waals surface area contributed by atoms with Gasteiger partial charge in [0.1, 0.15) is 3.55 Å². The van der Waals surface area contributed by atoms with E-state index >= 15 is 0 Å². The van der Waals surface area contributed by atoms with E-state index in [0.717, 1.165) is 24.5 Å². The molecule has 0 N–H and O–H groups in total. The Kier molecular flexibility index (Phi) is 4.85. The molecule has 25 heavy (non-hydrogen) atoms. The first kappa shape index (κ1) is 17.1. The predicted octanol–water partition coefficient (Wildman–Crippen LogP) is 6.03. The summed E-state index contributed by atoms with van der Waals surface area (Å²) in [6.45, 7) is 1.95. The van der Waals surface area contributed by atoms with Gasteiger partial charge in [0.15, 0.2) is 0 Å². The number of halogens is 2. The third-order valence-corrected chi connectivity index (χ3v) is 7.01. The molecule has 3 aromatic rings. The molecule has 3 heteroatoms. The SMILES string of the molecule is Clc1ccc2c(c1)C(I)(c1ccccc1)N(Cc1ccccc1)CC2. The Morgan fingerprint density at radius 2 is 1.60 bits per heavy atom. The van der Waals surface area contributed by atoms with Gasteiger partial charge in [-0.25, -0.2) is 0 Å². The molecule has 1 unspecified atom stereocenters. The van der Waals surface area contributed by atoms with Crippen molar-refractivity contribution in [1.82, 2.24) is 4.90 Å². The Balaban J connectivity index is 1.84. The Morgan fingerprint density at radius 1 is 0.920 bits per heavy atom. The highest BCUT2D eigenvalue weighted by molar-refractivity contribution is 14.1. The third kappa shape index (κ3) is 3.23. The van der Waals surface area contributed by atoms with Crippen LogP contribution in [0, 0.1) is 0 Å². The minimum Gasteiger partial charge on any atom is -0.277 e. The van der Waals surface area contributed by atoms with Crippen LogP contribution in [0.25, 0.3) is 0 Å². The summed E-state index contributed by atoms with van der Waals surface area (Å²) in [4.78, 5) is 2.57. The summed E-state index contributed by atoms with van der Waals surface area (Å²) in [6.07, 6.45) is 1.05. The normalized spacial score (nSPS) is 20.2. The highest BCUT2D eigenvalue weighted by Crippen LogP contribution is 2.47. The first-order chi connectivity index (χ1) is 12.2. The first-order valence-electron chi connectivity index (χ1n) is 8.50. The maximum atomic E-state index is 6.38. The standard InChI is InChI=1S/C22H19ClIN/c23-20-12-11-18-13-14-25(16-17-7-3-1-4-8-17)22(24,21(18)15-20)19-9-5-2-6-10-19/h1-12,15H,13-14,16H2. The van der Waals surface area contributed by atoms with Gasteiger partial charge >= 0.3 is 0 Å². The van der Waals surface area contributed by atoms with E-state index < -0.39 is 0 Å². The molecule has 0 bridgehead atoms. The molecule has 1 aliphatic heterocycles. The average Bonchev–Trinajstić information content (AvgIpc) is 2.66. The molecule has 0 radical (unpaired) electrons. The number of hydrogen-bond acceptors (Lipinski definition) is 1. The lowest BCUT2D eigenvalue weighted by Crippen LogP contribution is -2.46. The summed E-state index contributed by atoms with van der Waals surface area (Å²) in [5, 5.41) is 0.803. The van der Waals surface area contributed by atoms with Crippen molar-refractivity contribution in [3.8, 4) is 0 Å². The van der Waals surface area contributed by atoms with Crippen molar-refractivity contribution >= 4 is 34.2 Å². The summed E-state index contributed by atoms with van der Waals surface area (Å²) in [5.41, 5.74) is 5.35. The molecule has 0 amide bonds. The average molecular weight is 460 g/mol. The largest absolute Gasteiger partial charge is 0.277 e. The van der Waals surface area contributed by atoms with E-state index in [4.69, 9.17) is 11.6 Å². The molecule has 1 heterocycles. The fourth-order valence-electron chi connectivity index (χ4n) is 3.64. The Labute approximate surface area is 167 Å². The highest BCUT2D eigenvalue weighted by Gasteiger charge is 2.41. The van der Waals surface area contributed by atoms with Gasteiger partial charge in [0.2, 0.25) is 0 Å². The van der Waals surface area contributed by atoms with E-state index in [9.17, 15) is 0 Å². The van der Waals surface area contributed by atoms with Gasteiger partial charge in [-0.2, -0.15) is 0 Å². The lowest BCUT2D eigenvalue weighted by atomic mass is 9.87. The van der Waals surface area contributed by atoms with Crippen LogP contribution >= 0.6 is 34.2 Å². The van der Waals surface area contributed by atoms with E-state index in [1.54, 1.807) is 0 Å². The van der Waals surface area contributed by atoms with Gasteiger partial charge in [-0.3, -0.25) is 4.90 Å². The second kappa shape index (κ2) is 7.10. The van der Waals surface area contributed by atoms with Crippen molar-refractivity contribution < 1.29 is 0 Å². The molecule has 4 rings (SSSR count). The van der Waals surface area contributed by atoms with Crippen LogP contribution in [0.15, 0.2) is 78.9 Å². The van der Waals surface area contributed by atoms with Crippen LogP contribution in [0.1, 0.15) is 22.3 Å². The first-order valence-corrected chi connectivity index (χ1v) is 9.96. The highest BCUT2D eigenvalue weighted by atomic mass is 127. The number of alkyl halides is 1. The number of nitrogens with zero attached hydrogens (tertiary/aromatic N) is 1. The van der Waals surface area contributed by atoms with E-state index in [1.165, 1.54) is 22.3 Å². The molecule has 3 aromatic carbocycles. The minimum atomic E-state index is -0.215. The van der Waals surface area contributed by atoms with E-state index in [1.807, 2.05) is 6.07 Å². The molecule has 126 valence electrons. The number of fused-ring (bicyclic) bond motifs is 1. The lowest BCUT2D eigenvalue weighted by Gasteiger charge is -2.45. The molecule has 1 nitrogen and oxygen atoms in total. The van der Waals surface area contributed by atoms with Crippen molar-refractivity contribution in [3.63, 3.8) is 0 Å². The van der Waals surface area contributed by atoms with Gasteiger partial charge in [0.25, 0.3) is 0 Å². The zero-order chi connectivity index (χ0) is 17.3. The van der Waals surface area contributed by atoms with Gasteiger partial charge in [-0.15, -0.1) is 0 Å². The number of rotatable bonds is 3. The number of benzene rings is 3. The van der Waals surface area contributed by atoms with Crippen LogP contribution in [0.5, 0.6) is 0 Å². The molecule has 0 saturated carbocycles. The van der Waals surface area contributed by atoms with Crippen molar-refractivity contribution in [2.45, 2.75) is 16.5 Å². The molecular weight excluding hydrogens is 441 g/mol. The summed E-state index contributed by atoms with van der Waals surface area (Å²) in [6, 6.07) is 27.8. The van der Waals surface area contributed by atoms with Gasteiger partial charge in [0.05, 0.1) is 0 Å².